The predicted octanol–water partition coefficient (Wildman–Crippen LogP) is 2.91. The molecule has 0 radical (unpaired) electrons. The van der Waals surface area contributed by atoms with Crippen LogP contribution in [-0.4, -0.2) is 22.7 Å². The quantitative estimate of drug-likeness (QED) is 0.788. The molecule has 0 aromatic carbocycles. The van der Waals surface area contributed by atoms with Crippen LogP contribution in [0.25, 0.3) is 10.6 Å². The molecule has 0 atom stereocenters. The van der Waals surface area contributed by atoms with Crippen LogP contribution in [0.5, 0.6) is 0 Å². The number of hydrogen-bond donors (Lipinski definition) is 0. The highest BCUT2D eigenvalue weighted by Crippen LogP contribution is 2.29. The van der Waals surface area contributed by atoms with Gasteiger partial charge in [-0.1, -0.05) is 5.16 Å². The fraction of sp³-hybridized carbons (Fsp3) is 0.462. The van der Waals surface area contributed by atoms with Crippen LogP contribution in [0.15, 0.2) is 9.90 Å². The number of rotatable bonds is 5. The Morgan fingerprint density at radius 2 is 2.26 bits per heavy atom. The zero-order chi connectivity index (χ0) is 13.8. The first kappa shape index (κ1) is 13.7. The van der Waals surface area contributed by atoms with Gasteiger partial charge < -0.3 is 9.26 Å². The van der Waals surface area contributed by atoms with Gasteiger partial charge in [0.1, 0.15) is 10.8 Å². The van der Waals surface area contributed by atoms with Gasteiger partial charge in [0.05, 0.1) is 30.0 Å². The van der Waals surface area contributed by atoms with Crippen molar-refractivity contribution >= 4 is 17.3 Å². The van der Waals surface area contributed by atoms with Gasteiger partial charge in [-0.25, -0.2) is 4.98 Å². The van der Waals surface area contributed by atoms with Crippen molar-refractivity contribution in [1.82, 2.24) is 10.1 Å². The van der Waals surface area contributed by atoms with Crippen LogP contribution in [0.2, 0.25) is 0 Å². The summed E-state index contributed by atoms with van der Waals surface area (Å²) < 4.78 is 10.0. The summed E-state index contributed by atoms with van der Waals surface area (Å²) in [4.78, 5) is 15.8. The van der Waals surface area contributed by atoms with Crippen LogP contribution in [0.3, 0.4) is 0 Å². The smallest absolute Gasteiger partial charge is 0.306 e. The fourth-order valence-corrected chi connectivity index (χ4v) is 2.79. The first-order valence-corrected chi connectivity index (χ1v) is 7.03. The van der Waals surface area contributed by atoms with Crippen LogP contribution in [0.4, 0.5) is 0 Å². The Kier molecular flexibility index (Phi) is 4.31. The standard InChI is InChI=1S/C13H16N2O3S/c1-4-17-11(16)6-5-10-7-19-13(14-10)12-8(2)15-18-9(12)3/h7H,4-6H2,1-3H3. The van der Waals surface area contributed by atoms with Crippen molar-refractivity contribution in [2.75, 3.05) is 6.61 Å². The van der Waals surface area contributed by atoms with E-state index in [1.54, 1.807) is 6.92 Å². The molecule has 0 unspecified atom stereocenters. The first-order valence-electron chi connectivity index (χ1n) is 6.15. The number of nitrogens with zero attached hydrogens (tertiary/aromatic N) is 2. The highest BCUT2D eigenvalue weighted by atomic mass is 32.1. The number of carbonyl (C=O) groups is 1. The van der Waals surface area contributed by atoms with Crippen LogP contribution in [-0.2, 0) is 16.0 Å². The lowest BCUT2D eigenvalue weighted by molar-refractivity contribution is -0.143. The molecule has 0 bridgehead atoms. The third kappa shape index (κ3) is 3.20. The molecule has 0 saturated carbocycles. The number of aromatic nitrogens is 2. The molecule has 6 heteroatoms. The maximum absolute atomic E-state index is 11.3. The van der Waals surface area contributed by atoms with Crippen LogP contribution >= 0.6 is 11.3 Å². The van der Waals surface area contributed by atoms with Gasteiger partial charge in [-0.2, -0.15) is 0 Å². The van der Waals surface area contributed by atoms with Gasteiger partial charge in [0.25, 0.3) is 0 Å². The molecule has 0 saturated heterocycles. The molecular formula is C13H16N2O3S. The van der Waals surface area contributed by atoms with E-state index in [-0.39, 0.29) is 5.97 Å². The van der Waals surface area contributed by atoms with Crippen molar-refractivity contribution in [3.8, 4) is 10.6 Å². The van der Waals surface area contributed by atoms with Crippen molar-refractivity contribution in [3.05, 3.63) is 22.5 Å². The molecule has 5 nitrogen and oxygen atoms in total. The third-order valence-corrected chi connectivity index (χ3v) is 3.60. The number of hydrogen-bond acceptors (Lipinski definition) is 6. The van der Waals surface area contributed by atoms with Gasteiger partial charge in [-0.05, 0) is 20.8 Å². The molecule has 0 fully saturated rings. The number of aryl methyl sites for hydroxylation is 3. The van der Waals surface area contributed by atoms with Gasteiger partial charge in [0.15, 0.2) is 0 Å². The second-order valence-electron chi connectivity index (χ2n) is 4.15. The Labute approximate surface area is 115 Å². The minimum absolute atomic E-state index is 0.186. The average Bonchev–Trinajstić information content (AvgIpc) is 2.94. The zero-order valence-corrected chi connectivity index (χ0v) is 12.0. The molecule has 2 heterocycles. The molecule has 2 aromatic rings. The lowest BCUT2D eigenvalue weighted by Gasteiger charge is -1.99. The van der Waals surface area contributed by atoms with E-state index in [0.717, 1.165) is 27.7 Å². The van der Waals surface area contributed by atoms with E-state index in [0.29, 0.717) is 19.4 Å². The molecule has 0 aliphatic carbocycles. The van der Waals surface area contributed by atoms with E-state index in [4.69, 9.17) is 9.26 Å². The molecule has 0 aliphatic rings. The van der Waals surface area contributed by atoms with E-state index in [1.807, 2.05) is 19.2 Å². The van der Waals surface area contributed by atoms with Gasteiger partial charge in [0, 0.05) is 11.8 Å². The summed E-state index contributed by atoms with van der Waals surface area (Å²) in [6.07, 6.45) is 0.956. The van der Waals surface area contributed by atoms with Crippen LogP contribution < -0.4 is 0 Å². The summed E-state index contributed by atoms with van der Waals surface area (Å²) in [5.41, 5.74) is 2.68. The molecule has 102 valence electrons. The van der Waals surface area contributed by atoms with E-state index >= 15 is 0 Å². The number of esters is 1. The van der Waals surface area contributed by atoms with Crippen molar-refractivity contribution < 1.29 is 14.1 Å². The second kappa shape index (κ2) is 5.97. The molecule has 2 aromatic heterocycles. The van der Waals surface area contributed by atoms with Gasteiger partial charge >= 0.3 is 5.97 Å². The Bertz CT molecular complexity index is 555. The Morgan fingerprint density at radius 3 is 2.89 bits per heavy atom. The molecular weight excluding hydrogens is 264 g/mol. The second-order valence-corrected chi connectivity index (χ2v) is 5.01. The van der Waals surface area contributed by atoms with Crippen molar-refractivity contribution in [3.63, 3.8) is 0 Å². The van der Waals surface area contributed by atoms with E-state index in [2.05, 4.69) is 10.1 Å². The molecule has 0 amide bonds. The summed E-state index contributed by atoms with van der Waals surface area (Å²) in [5, 5.41) is 6.76. The van der Waals surface area contributed by atoms with Crippen LogP contribution in [0, 0.1) is 13.8 Å². The van der Waals surface area contributed by atoms with Crippen molar-refractivity contribution in [2.24, 2.45) is 0 Å². The zero-order valence-electron chi connectivity index (χ0n) is 11.2. The maximum atomic E-state index is 11.3. The van der Waals surface area contributed by atoms with Gasteiger partial charge in [-0.3, -0.25) is 4.79 Å². The lowest BCUT2D eigenvalue weighted by atomic mass is 10.2. The highest BCUT2D eigenvalue weighted by Gasteiger charge is 2.15. The van der Waals surface area contributed by atoms with E-state index in [9.17, 15) is 4.79 Å². The lowest BCUT2D eigenvalue weighted by Crippen LogP contribution is -2.05. The normalized spacial score (nSPS) is 10.7. The molecule has 0 aliphatic heterocycles. The average molecular weight is 280 g/mol. The molecule has 0 spiro atoms. The maximum Gasteiger partial charge on any atom is 0.306 e. The number of thiazole rings is 1. The summed E-state index contributed by atoms with van der Waals surface area (Å²) >= 11 is 1.54. The minimum Gasteiger partial charge on any atom is -0.466 e. The first-order chi connectivity index (χ1) is 9.11. The molecule has 19 heavy (non-hydrogen) atoms. The van der Waals surface area contributed by atoms with E-state index in [1.165, 1.54) is 11.3 Å². The topological polar surface area (TPSA) is 65.2 Å². The summed E-state index contributed by atoms with van der Waals surface area (Å²) in [7, 11) is 0. The Morgan fingerprint density at radius 1 is 1.47 bits per heavy atom. The Balaban J connectivity index is 2.06. The predicted molar refractivity (Wildman–Crippen MR) is 72.0 cm³/mol. The largest absolute Gasteiger partial charge is 0.466 e. The monoisotopic (exact) mass is 280 g/mol. The minimum atomic E-state index is -0.186. The third-order valence-electron chi connectivity index (χ3n) is 2.69. The summed E-state index contributed by atoms with van der Waals surface area (Å²) in [6, 6.07) is 0. The summed E-state index contributed by atoms with van der Waals surface area (Å²) in [5.74, 6) is 0.582. The Hall–Kier alpha value is -1.69. The number of ether oxygens (including phenoxy) is 1. The number of carbonyl (C=O) groups excluding carboxylic acids is 1. The van der Waals surface area contributed by atoms with Gasteiger partial charge in [-0.15, -0.1) is 11.3 Å². The van der Waals surface area contributed by atoms with Crippen LogP contribution in [0.1, 0.15) is 30.5 Å². The molecule has 2 rings (SSSR count). The molecule has 0 N–H and O–H groups in total. The fourth-order valence-electron chi connectivity index (χ4n) is 1.79. The summed E-state index contributed by atoms with van der Waals surface area (Å²) in [6.45, 7) is 5.98. The SMILES string of the molecule is CCOC(=O)CCc1csc(-c2c(C)noc2C)n1. The van der Waals surface area contributed by atoms with Crippen molar-refractivity contribution in [2.45, 2.75) is 33.6 Å². The van der Waals surface area contributed by atoms with Crippen molar-refractivity contribution in [1.29, 1.82) is 0 Å². The van der Waals surface area contributed by atoms with E-state index < -0.39 is 0 Å². The highest BCUT2D eigenvalue weighted by molar-refractivity contribution is 7.13. The van der Waals surface area contributed by atoms with Gasteiger partial charge in [0.2, 0.25) is 0 Å².